The monoisotopic (exact) mass is 278 g/mol. The summed E-state index contributed by atoms with van der Waals surface area (Å²) in [4.78, 5) is 19.6. The number of fused-ring (bicyclic) bond motifs is 1. The van der Waals surface area contributed by atoms with Crippen molar-refractivity contribution >= 4 is 44.6 Å². The highest BCUT2D eigenvalue weighted by Crippen LogP contribution is 2.31. The fourth-order valence-electron chi connectivity index (χ4n) is 1.70. The third kappa shape index (κ3) is 2.02. The van der Waals surface area contributed by atoms with Crippen molar-refractivity contribution in [2.75, 3.05) is 12.9 Å². The van der Waals surface area contributed by atoms with Gasteiger partial charge in [0.1, 0.15) is 28.1 Å². The van der Waals surface area contributed by atoms with Gasteiger partial charge in [-0.05, 0) is 18.2 Å². The van der Waals surface area contributed by atoms with Crippen LogP contribution in [0.15, 0.2) is 23.2 Å². The standard InChI is InChI=1S/C12H10N2O2S2/c1-16-8-2-3-9-10(4-8)18-12(14-9)11-13-7(5-15)6-17-11/h2-5,7H,6H2,1H3. The van der Waals surface area contributed by atoms with Crippen LogP contribution < -0.4 is 4.74 Å². The zero-order valence-electron chi connectivity index (χ0n) is 9.62. The van der Waals surface area contributed by atoms with Crippen LogP contribution in [0.4, 0.5) is 0 Å². The van der Waals surface area contributed by atoms with Crippen LogP contribution in [-0.2, 0) is 4.79 Å². The lowest BCUT2D eigenvalue weighted by Gasteiger charge is -1.96. The third-order valence-corrected chi connectivity index (χ3v) is 4.84. The smallest absolute Gasteiger partial charge is 0.149 e. The van der Waals surface area contributed by atoms with Gasteiger partial charge in [0.2, 0.25) is 0 Å². The zero-order valence-corrected chi connectivity index (χ0v) is 11.3. The molecule has 6 heteroatoms. The number of thiazole rings is 1. The van der Waals surface area contributed by atoms with Crippen LogP contribution in [0, 0.1) is 0 Å². The molecule has 0 saturated heterocycles. The van der Waals surface area contributed by atoms with E-state index in [9.17, 15) is 4.79 Å². The summed E-state index contributed by atoms with van der Waals surface area (Å²) in [5.41, 5.74) is 0.939. The molecule has 0 radical (unpaired) electrons. The predicted molar refractivity (Wildman–Crippen MR) is 75.0 cm³/mol. The number of rotatable bonds is 3. The molecule has 0 saturated carbocycles. The minimum atomic E-state index is -0.216. The molecule has 1 aliphatic rings. The van der Waals surface area contributed by atoms with E-state index in [1.165, 1.54) is 0 Å². The van der Waals surface area contributed by atoms with Crippen molar-refractivity contribution in [2.45, 2.75) is 6.04 Å². The van der Waals surface area contributed by atoms with Crippen LogP contribution in [0.1, 0.15) is 5.01 Å². The summed E-state index contributed by atoms with van der Waals surface area (Å²) in [5.74, 6) is 1.54. The first kappa shape index (κ1) is 11.7. The minimum absolute atomic E-state index is 0.216. The maximum atomic E-state index is 10.7. The van der Waals surface area contributed by atoms with Crippen molar-refractivity contribution < 1.29 is 9.53 Å². The molecule has 1 aromatic heterocycles. The second-order valence-corrected chi connectivity index (χ2v) is 5.84. The molecule has 92 valence electrons. The van der Waals surface area contributed by atoms with E-state index in [1.54, 1.807) is 30.2 Å². The largest absolute Gasteiger partial charge is 0.497 e. The number of aromatic nitrogens is 1. The minimum Gasteiger partial charge on any atom is -0.497 e. The molecule has 1 aromatic carbocycles. The van der Waals surface area contributed by atoms with Gasteiger partial charge in [0, 0.05) is 5.75 Å². The van der Waals surface area contributed by atoms with Crippen molar-refractivity contribution in [3.05, 3.63) is 23.2 Å². The van der Waals surface area contributed by atoms with E-state index in [0.717, 1.165) is 38.1 Å². The molecule has 2 aromatic rings. The Kier molecular flexibility index (Phi) is 3.05. The Labute approximate surface area is 112 Å². The average Bonchev–Trinajstić information content (AvgIpc) is 3.03. The quantitative estimate of drug-likeness (QED) is 0.809. The number of carbonyl (C=O) groups is 1. The Hall–Kier alpha value is -1.40. The van der Waals surface area contributed by atoms with Crippen molar-refractivity contribution in [1.82, 2.24) is 4.98 Å². The molecule has 1 atom stereocenters. The molecule has 0 spiro atoms. The molecular formula is C12H10N2O2S2. The molecule has 3 rings (SSSR count). The topological polar surface area (TPSA) is 51.6 Å². The highest BCUT2D eigenvalue weighted by atomic mass is 32.2. The van der Waals surface area contributed by atoms with Gasteiger partial charge in [-0.1, -0.05) is 0 Å². The van der Waals surface area contributed by atoms with Crippen molar-refractivity contribution in [1.29, 1.82) is 0 Å². The second-order valence-electron chi connectivity index (χ2n) is 3.80. The molecule has 0 amide bonds. The van der Waals surface area contributed by atoms with Crippen LogP contribution in [0.2, 0.25) is 0 Å². The van der Waals surface area contributed by atoms with E-state index in [0.29, 0.717) is 0 Å². The van der Waals surface area contributed by atoms with E-state index >= 15 is 0 Å². The Morgan fingerprint density at radius 2 is 2.39 bits per heavy atom. The third-order valence-electron chi connectivity index (χ3n) is 2.61. The van der Waals surface area contributed by atoms with Gasteiger partial charge >= 0.3 is 0 Å². The van der Waals surface area contributed by atoms with Crippen LogP contribution >= 0.6 is 23.1 Å². The summed E-state index contributed by atoms with van der Waals surface area (Å²) in [6, 6.07) is 5.58. The first-order valence-electron chi connectivity index (χ1n) is 5.41. The molecule has 18 heavy (non-hydrogen) atoms. The van der Waals surface area contributed by atoms with E-state index in [1.807, 2.05) is 18.2 Å². The lowest BCUT2D eigenvalue weighted by atomic mass is 10.3. The molecule has 0 bridgehead atoms. The predicted octanol–water partition coefficient (Wildman–Crippen LogP) is 2.37. The number of benzene rings is 1. The van der Waals surface area contributed by atoms with E-state index in [2.05, 4.69) is 9.98 Å². The number of nitrogens with zero attached hydrogens (tertiary/aromatic N) is 2. The van der Waals surface area contributed by atoms with Crippen LogP contribution in [0.3, 0.4) is 0 Å². The van der Waals surface area contributed by atoms with Gasteiger partial charge in [0.05, 0.1) is 17.3 Å². The molecule has 2 heterocycles. The van der Waals surface area contributed by atoms with Gasteiger partial charge in [-0.3, -0.25) is 4.99 Å². The number of aldehydes is 1. The molecule has 1 unspecified atom stereocenters. The van der Waals surface area contributed by atoms with Gasteiger partial charge in [0.15, 0.2) is 0 Å². The highest BCUT2D eigenvalue weighted by Gasteiger charge is 2.21. The normalized spacial score (nSPS) is 18.9. The number of carbonyl (C=O) groups excluding carboxylic acids is 1. The van der Waals surface area contributed by atoms with Crippen LogP contribution in [-0.4, -0.2) is 35.2 Å². The Morgan fingerprint density at radius 1 is 1.50 bits per heavy atom. The summed E-state index contributed by atoms with van der Waals surface area (Å²) in [7, 11) is 1.65. The SMILES string of the molecule is COc1ccc2nc(C3=NC(C=O)CS3)sc2c1. The fraction of sp³-hybridized carbons (Fsp3) is 0.250. The highest BCUT2D eigenvalue weighted by molar-refractivity contribution is 8.15. The van der Waals surface area contributed by atoms with Crippen molar-refractivity contribution in [3.63, 3.8) is 0 Å². The molecule has 0 aliphatic carbocycles. The van der Waals surface area contributed by atoms with Crippen LogP contribution in [0.5, 0.6) is 5.75 Å². The first-order valence-corrected chi connectivity index (χ1v) is 7.21. The Morgan fingerprint density at radius 3 is 3.11 bits per heavy atom. The first-order chi connectivity index (χ1) is 8.80. The Bertz CT molecular complexity index is 636. The average molecular weight is 278 g/mol. The van der Waals surface area contributed by atoms with E-state index in [-0.39, 0.29) is 6.04 Å². The fourth-order valence-corrected chi connectivity index (χ4v) is 3.75. The number of thioether (sulfide) groups is 1. The maximum Gasteiger partial charge on any atom is 0.149 e. The molecule has 1 aliphatic heterocycles. The lowest BCUT2D eigenvalue weighted by Crippen LogP contribution is -2.03. The van der Waals surface area contributed by atoms with Gasteiger partial charge in [-0.2, -0.15) is 0 Å². The summed E-state index contributed by atoms with van der Waals surface area (Å²) < 4.78 is 6.26. The second kappa shape index (κ2) is 4.70. The van der Waals surface area contributed by atoms with Crippen molar-refractivity contribution in [3.8, 4) is 5.75 Å². The number of ether oxygens (including phenoxy) is 1. The lowest BCUT2D eigenvalue weighted by molar-refractivity contribution is -0.108. The molecule has 0 N–H and O–H groups in total. The van der Waals surface area contributed by atoms with Gasteiger partial charge in [-0.25, -0.2) is 4.98 Å². The zero-order chi connectivity index (χ0) is 12.5. The number of methoxy groups -OCH3 is 1. The molecular weight excluding hydrogens is 268 g/mol. The van der Waals surface area contributed by atoms with Gasteiger partial charge in [-0.15, -0.1) is 23.1 Å². The summed E-state index contributed by atoms with van der Waals surface area (Å²) in [6.07, 6.45) is 0.885. The van der Waals surface area contributed by atoms with Crippen molar-refractivity contribution in [2.24, 2.45) is 4.99 Å². The van der Waals surface area contributed by atoms with Gasteiger partial charge in [0.25, 0.3) is 0 Å². The van der Waals surface area contributed by atoms with Crippen LogP contribution in [0.25, 0.3) is 10.2 Å². The molecule has 4 nitrogen and oxygen atoms in total. The van der Waals surface area contributed by atoms with Gasteiger partial charge < -0.3 is 9.53 Å². The maximum absolute atomic E-state index is 10.7. The Balaban J connectivity index is 2.01. The number of hydrogen-bond acceptors (Lipinski definition) is 6. The number of aliphatic imine (C=N–C) groups is 1. The molecule has 0 fully saturated rings. The summed E-state index contributed by atoms with van der Waals surface area (Å²) in [6.45, 7) is 0. The van der Waals surface area contributed by atoms with E-state index in [4.69, 9.17) is 4.74 Å². The van der Waals surface area contributed by atoms with E-state index < -0.39 is 0 Å². The summed E-state index contributed by atoms with van der Waals surface area (Å²) in [5, 5.41) is 1.75. The summed E-state index contributed by atoms with van der Waals surface area (Å²) >= 11 is 3.17. The number of hydrogen-bond donors (Lipinski definition) is 0.